The lowest BCUT2D eigenvalue weighted by atomic mass is 10.1. The van der Waals surface area contributed by atoms with Crippen LogP contribution in [0.1, 0.15) is 22.8 Å². The van der Waals surface area contributed by atoms with E-state index in [1.54, 1.807) is 17.2 Å². The van der Waals surface area contributed by atoms with Gasteiger partial charge in [-0.15, -0.1) is 0 Å². The summed E-state index contributed by atoms with van der Waals surface area (Å²) in [7, 11) is 1.95. The summed E-state index contributed by atoms with van der Waals surface area (Å²) in [6.45, 7) is 5.77. The van der Waals surface area contributed by atoms with Gasteiger partial charge in [-0.25, -0.2) is 4.98 Å². The minimum Gasteiger partial charge on any atom is -0.349 e. The van der Waals surface area contributed by atoms with Crippen molar-refractivity contribution in [3.05, 3.63) is 65.9 Å². The van der Waals surface area contributed by atoms with Crippen LogP contribution in [0.5, 0.6) is 0 Å². The number of anilines is 5. The Hall–Kier alpha value is -3.25. The largest absolute Gasteiger partial charge is 0.349 e. The van der Waals surface area contributed by atoms with Crippen molar-refractivity contribution < 1.29 is 9.59 Å². The normalized spacial score (nSPS) is 14.9. The monoisotopic (exact) mass is 599 g/mol. The molecule has 10 heteroatoms. The molecule has 1 aliphatic heterocycles. The van der Waals surface area contributed by atoms with Gasteiger partial charge in [0.1, 0.15) is 5.82 Å². The third-order valence-electron chi connectivity index (χ3n) is 5.83. The molecule has 1 fully saturated rings. The third-order valence-corrected chi connectivity index (χ3v) is 7.15. The molecule has 9 nitrogen and oxygen atoms in total. The number of para-hydroxylation sites is 1. The molecule has 4 rings (SSSR count). The van der Waals surface area contributed by atoms with Crippen molar-refractivity contribution in [1.29, 1.82) is 0 Å². The number of carbonyl (C=O) groups is 2. The SMILES string of the molecule is Cc1cnc(Nc2cccc(N3CCN(C)CC3=O)c2)nc1Nc1ccccc1C(=O)NC(C)CI. The van der Waals surface area contributed by atoms with Crippen molar-refractivity contribution in [1.82, 2.24) is 20.2 Å². The van der Waals surface area contributed by atoms with Crippen LogP contribution in [0.2, 0.25) is 0 Å². The van der Waals surface area contributed by atoms with E-state index in [1.165, 1.54) is 0 Å². The number of hydrogen-bond donors (Lipinski definition) is 3. The lowest BCUT2D eigenvalue weighted by Crippen LogP contribution is -2.48. The molecule has 2 amide bonds. The van der Waals surface area contributed by atoms with E-state index < -0.39 is 0 Å². The highest BCUT2D eigenvalue weighted by Gasteiger charge is 2.23. The minimum absolute atomic E-state index is 0.0691. The van der Waals surface area contributed by atoms with Crippen LogP contribution in [0.3, 0.4) is 0 Å². The lowest BCUT2D eigenvalue weighted by molar-refractivity contribution is -0.120. The van der Waals surface area contributed by atoms with Crippen LogP contribution in [-0.4, -0.2) is 63.8 Å². The maximum atomic E-state index is 12.8. The van der Waals surface area contributed by atoms with Gasteiger partial charge in [-0.05, 0) is 51.2 Å². The fourth-order valence-corrected chi connectivity index (χ4v) is 4.05. The quantitative estimate of drug-likeness (QED) is 0.265. The number of alkyl halides is 1. The van der Waals surface area contributed by atoms with Gasteiger partial charge in [0, 0.05) is 46.7 Å². The van der Waals surface area contributed by atoms with Crippen LogP contribution in [0.25, 0.3) is 0 Å². The molecule has 0 saturated carbocycles. The average molecular weight is 599 g/mol. The predicted molar refractivity (Wildman–Crippen MR) is 152 cm³/mol. The van der Waals surface area contributed by atoms with Crippen molar-refractivity contribution in [3.63, 3.8) is 0 Å². The molecule has 0 spiro atoms. The van der Waals surface area contributed by atoms with Gasteiger partial charge in [-0.1, -0.05) is 40.8 Å². The predicted octanol–water partition coefficient (Wildman–Crippen LogP) is 4.10. The van der Waals surface area contributed by atoms with Gasteiger partial charge in [-0.3, -0.25) is 14.5 Å². The number of aromatic nitrogens is 2. The van der Waals surface area contributed by atoms with Crippen LogP contribution in [0.15, 0.2) is 54.7 Å². The first-order valence-electron chi connectivity index (χ1n) is 11.8. The Morgan fingerprint density at radius 1 is 1.14 bits per heavy atom. The number of hydrogen-bond acceptors (Lipinski definition) is 7. The van der Waals surface area contributed by atoms with Crippen LogP contribution < -0.4 is 20.9 Å². The lowest BCUT2D eigenvalue weighted by Gasteiger charge is -2.32. The topological polar surface area (TPSA) is 102 Å². The molecule has 3 aromatic rings. The summed E-state index contributed by atoms with van der Waals surface area (Å²) >= 11 is 2.25. The standard InChI is InChI=1S/C26H30IN7O2/c1-17-15-28-26(30-19-7-6-8-20(13-19)34-12-11-33(3)16-23(34)35)32-24(17)31-22-10-5-4-9-21(22)25(36)29-18(2)14-27/h4-10,13,15,18H,11-12,14,16H2,1-3H3,(H,29,36)(H2,28,30,31,32). The number of carbonyl (C=O) groups excluding carboxylic acids is 2. The maximum absolute atomic E-state index is 12.8. The van der Waals surface area contributed by atoms with Gasteiger partial charge >= 0.3 is 0 Å². The van der Waals surface area contributed by atoms with E-state index in [0.717, 1.165) is 27.9 Å². The average Bonchev–Trinajstić information content (AvgIpc) is 2.86. The first-order valence-corrected chi connectivity index (χ1v) is 13.3. The zero-order valence-electron chi connectivity index (χ0n) is 20.6. The second kappa shape index (κ2) is 11.7. The van der Waals surface area contributed by atoms with E-state index in [0.29, 0.717) is 36.1 Å². The molecule has 1 aliphatic rings. The first-order chi connectivity index (χ1) is 17.3. The molecule has 0 aliphatic carbocycles. The summed E-state index contributed by atoms with van der Waals surface area (Å²) in [6.07, 6.45) is 1.73. The summed E-state index contributed by atoms with van der Waals surface area (Å²) < 4.78 is 0.823. The second-order valence-corrected chi connectivity index (χ2v) is 9.76. The Kier molecular flexibility index (Phi) is 8.36. The summed E-state index contributed by atoms with van der Waals surface area (Å²) in [5.74, 6) is 0.947. The summed E-state index contributed by atoms with van der Waals surface area (Å²) in [4.78, 5) is 38.2. The maximum Gasteiger partial charge on any atom is 0.253 e. The number of nitrogens with zero attached hydrogens (tertiary/aromatic N) is 4. The highest BCUT2D eigenvalue weighted by molar-refractivity contribution is 14.1. The van der Waals surface area contributed by atoms with Gasteiger partial charge in [0.25, 0.3) is 5.91 Å². The molecule has 1 saturated heterocycles. The van der Waals surface area contributed by atoms with E-state index in [-0.39, 0.29) is 17.9 Å². The van der Waals surface area contributed by atoms with Crippen molar-refractivity contribution in [2.75, 3.05) is 46.6 Å². The van der Waals surface area contributed by atoms with Gasteiger partial charge in [0.2, 0.25) is 11.9 Å². The van der Waals surface area contributed by atoms with Gasteiger partial charge < -0.3 is 20.9 Å². The van der Waals surface area contributed by atoms with E-state index >= 15 is 0 Å². The van der Waals surface area contributed by atoms with Crippen LogP contribution in [0.4, 0.5) is 28.8 Å². The van der Waals surface area contributed by atoms with Crippen LogP contribution in [-0.2, 0) is 4.79 Å². The van der Waals surface area contributed by atoms with Gasteiger partial charge in [0.05, 0.1) is 17.8 Å². The fraction of sp³-hybridized carbons (Fsp3) is 0.308. The Morgan fingerprint density at radius 2 is 1.94 bits per heavy atom. The molecule has 0 bridgehead atoms. The van der Waals surface area contributed by atoms with Gasteiger partial charge in [-0.2, -0.15) is 4.98 Å². The molecule has 1 atom stereocenters. The number of benzene rings is 2. The minimum atomic E-state index is -0.136. The number of aryl methyl sites for hydroxylation is 1. The van der Waals surface area contributed by atoms with E-state index in [4.69, 9.17) is 0 Å². The Labute approximate surface area is 224 Å². The molecular formula is C26H30IN7O2. The summed E-state index contributed by atoms with van der Waals surface area (Å²) in [6, 6.07) is 15.1. The second-order valence-electron chi connectivity index (χ2n) is 8.88. The first kappa shape index (κ1) is 25.8. The van der Waals surface area contributed by atoms with Crippen molar-refractivity contribution in [2.24, 2.45) is 0 Å². The van der Waals surface area contributed by atoms with Crippen LogP contribution >= 0.6 is 22.6 Å². The molecule has 3 N–H and O–H groups in total. The summed E-state index contributed by atoms with van der Waals surface area (Å²) in [5.41, 5.74) is 3.67. The van der Waals surface area contributed by atoms with E-state index in [2.05, 4.69) is 48.5 Å². The highest BCUT2D eigenvalue weighted by atomic mass is 127. The molecule has 1 unspecified atom stereocenters. The smallest absolute Gasteiger partial charge is 0.253 e. The summed E-state index contributed by atoms with van der Waals surface area (Å²) in [5, 5.41) is 9.55. The molecule has 0 radical (unpaired) electrons. The number of amides is 2. The number of likely N-dealkylation sites (N-methyl/N-ethyl adjacent to an activating group) is 1. The van der Waals surface area contributed by atoms with Gasteiger partial charge in [0.15, 0.2) is 0 Å². The molecule has 1 aromatic heterocycles. The Morgan fingerprint density at radius 3 is 2.72 bits per heavy atom. The number of piperazine rings is 1. The fourth-order valence-electron chi connectivity index (χ4n) is 3.83. The molecular weight excluding hydrogens is 569 g/mol. The Bertz CT molecular complexity index is 1250. The number of nitrogens with one attached hydrogen (secondary N) is 3. The number of rotatable bonds is 8. The Balaban J connectivity index is 1.53. The van der Waals surface area contributed by atoms with Crippen molar-refractivity contribution in [3.8, 4) is 0 Å². The van der Waals surface area contributed by atoms with E-state index in [9.17, 15) is 9.59 Å². The zero-order chi connectivity index (χ0) is 25.7. The molecule has 188 valence electrons. The van der Waals surface area contributed by atoms with Crippen molar-refractivity contribution >= 4 is 63.2 Å². The van der Waals surface area contributed by atoms with Crippen molar-refractivity contribution in [2.45, 2.75) is 19.9 Å². The molecule has 36 heavy (non-hydrogen) atoms. The van der Waals surface area contributed by atoms with Crippen LogP contribution in [0, 0.1) is 6.92 Å². The number of halogens is 1. The molecule has 2 aromatic carbocycles. The van der Waals surface area contributed by atoms with E-state index in [1.807, 2.05) is 68.3 Å². The zero-order valence-corrected chi connectivity index (χ0v) is 22.7. The molecule has 2 heterocycles. The third kappa shape index (κ3) is 6.30. The highest BCUT2D eigenvalue weighted by Crippen LogP contribution is 2.26.